The predicted molar refractivity (Wildman–Crippen MR) is 152 cm³/mol. The van der Waals surface area contributed by atoms with Gasteiger partial charge in [0.15, 0.2) is 6.61 Å². The van der Waals surface area contributed by atoms with Crippen LogP contribution in [0.3, 0.4) is 0 Å². The first-order chi connectivity index (χ1) is 18.5. The quantitative estimate of drug-likeness (QED) is 0.277. The Labute approximate surface area is 231 Å². The van der Waals surface area contributed by atoms with Crippen LogP contribution in [0.25, 0.3) is 11.1 Å². The highest BCUT2D eigenvalue weighted by atomic mass is 35.5. The molecule has 3 aromatic carbocycles. The fraction of sp³-hybridized carbons (Fsp3) is 0.233. The van der Waals surface area contributed by atoms with Crippen LogP contribution < -0.4 is 10.1 Å². The lowest BCUT2D eigenvalue weighted by molar-refractivity contribution is -0.134. The maximum Gasteiger partial charge on any atom is 0.275 e. The van der Waals surface area contributed by atoms with Crippen molar-refractivity contribution in [3.8, 4) is 16.9 Å². The topological polar surface area (TPSA) is 71.5 Å². The number of halogens is 1. The number of piperidine rings is 1. The van der Waals surface area contributed by atoms with Crippen LogP contribution in [-0.4, -0.2) is 41.4 Å². The van der Waals surface area contributed by atoms with Gasteiger partial charge in [0, 0.05) is 40.7 Å². The number of nitrogens with one attached hydrogen (secondary N) is 1. The number of aryl methyl sites for hydroxylation is 1. The van der Waals surface area contributed by atoms with Crippen molar-refractivity contribution in [1.82, 2.24) is 9.88 Å². The largest absolute Gasteiger partial charge is 0.484 e. The lowest BCUT2D eigenvalue weighted by Gasteiger charge is -2.31. The third kappa shape index (κ3) is 6.23. The van der Waals surface area contributed by atoms with Crippen LogP contribution in [0.5, 0.6) is 5.75 Å². The molecule has 1 aliphatic heterocycles. The number of benzene rings is 3. The lowest BCUT2D eigenvalue weighted by atomic mass is 9.97. The van der Waals surface area contributed by atoms with Gasteiger partial charge in [0.05, 0.1) is 5.01 Å². The predicted octanol–water partition coefficient (Wildman–Crippen LogP) is 6.81. The van der Waals surface area contributed by atoms with Crippen molar-refractivity contribution in [2.75, 3.05) is 25.0 Å². The molecule has 1 fully saturated rings. The highest BCUT2D eigenvalue weighted by Gasteiger charge is 2.26. The molecule has 5 rings (SSSR count). The molecule has 1 aliphatic rings. The normalized spacial score (nSPS) is 13.8. The summed E-state index contributed by atoms with van der Waals surface area (Å²) < 4.78 is 5.60. The van der Waals surface area contributed by atoms with Gasteiger partial charge in [0.25, 0.3) is 11.8 Å². The molecule has 2 heterocycles. The lowest BCUT2D eigenvalue weighted by Crippen LogP contribution is -2.40. The molecular weight excluding hydrogens is 518 g/mol. The van der Waals surface area contributed by atoms with Gasteiger partial charge in [0.1, 0.15) is 11.4 Å². The number of likely N-dealkylation sites (tertiary alicyclic amines) is 1. The second-order valence-corrected chi connectivity index (χ2v) is 10.7. The molecule has 4 aromatic rings. The van der Waals surface area contributed by atoms with Gasteiger partial charge in [-0.15, -0.1) is 11.3 Å². The van der Waals surface area contributed by atoms with Crippen LogP contribution >= 0.6 is 22.9 Å². The standard InChI is InChI=1S/C30H28ClN3O3S/c1-20-10-11-26(25(16-20)21-6-3-2-4-7-21)32-29(36)27-19-38-30(33-27)22-12-14-34(15-13-22)28(35)18-37-24-9-5-8-23(31)17-24/h2-11,16-17,19,22H,12-15,18H2,1H3,(H,32,36). The maximum absolute atomic E-state index is 13.1. The van der Waals surface area contributed by atoms with E-state index in [0.717, 1.165) is 40.2 Å². The molecule has 8 heteroatoms. The number of hydrogen-bond donors (Lipinski definition) is 1. The van der Waals surface area contributed by atoms with Gasteiger partial charge in [-0.25, -0.2) is 4.98 Å². The van der Waals surface area contributed by atoms with Crippen molar-refractivity contribution in [1.29, 1.82) is 0 Å². The second kappa shape index (κ2) is 11.8. The summed E-state index contributed by atoms with van der Waals surface area (Å²) in [4.78, 5) is 32.2. The molecule has 0 atom stereocenters. The van der Waals surface area contributed by atoms with Crippen molar-refractivity contribution in [3.05, 3.63) is 99.5 Å². The van der Waals surface area contributed by atoms with E-state index in [-0.39, 0.29) is 24.3 Å². The number of ether oxygens (including phenoxy) is 1. The minimum absolute atomic E-state index is 0.0173. The minimum Gasteiger partial charge on any atom is -0.484 e. The average molecular weight is 546 g/mol. The Kier molecular flexibility index (Phi) is 8.05. The number of carbonyl (C=O) groups excluding carboxylic acids is 2. The summed E-state index contributed by atoms with van der Waals surface area (Å²) in [6, 6.07) is 23.0. The Morgan fingerprint density at radius 3 is 2.61 bits per heavy atom. The summed E-state index contributed by atoms with van der Waals surface area (Å²) in [5, 5.41) is 6.38. The minimum atomic E-state index is -0.223. The monoisotopic (exact) mass is 545 g/mol. The fourth-order valence-corrected chi connectivity index (χ4v) is 5.71. The van der Waals surface area contributed by atoms with Crippen molar-refractivity contribution in [2.45, 2.75) is 25.7 Å². The molecule has 0 unspecified atom stereocenters. The fourth-order valence-electron chi connectivity index (χ4n) is 4.56. The van der Waals surface area contributed by atoms with Crippen LogP contribution in [0.2, 0.25) is 5.02 Å². The molecule has 2 amide bonds. The molecule has 38 heavy (non-hydrogen) atoms. The number of carbonyl (C=O) groups is 2. The Balaban J connectivity index is 1.17. The van der Waals surface area contributed by atoms with Crippen molar-refractivity contribution >= 4 is 40.4 Å². The van der Waals surface area contributed by atoms with Gasteiger partial charge in [-0.05, 0) is 55.7 Å². The van der Waals surface area contributed by atoms with E-state index in [1.54, 1.807) is 24.3 Å². The molecule has 0 aliphatic carbocycles. The van der Waals surface area contributed by atoms with Crippen LogP contribution in [-0.2, 0) is 4.79 Å². The summed E-state index contributed by atoms with van der Waals surface area (Å²) in [5.74, 6) is 0.531. The van der Waals surface area contributed by atoms with Crippen LogP contribution in [0, 0.1) is 6.92 Å². The Bertz CT molecular complexity index is 1430. The van der Waals surface area contributed by atoms with Gasteiger partial charge in [0.2, 0.25) is 0 Å². The number of anilines is 1. The van der Waals surface area contributed by atoms with Crippen LogP contribution in [0.15, 0.2) is 78.2 Å². The Hall–Kier alpha value is -3.68. The maximum atomic E-state index is 13.1. The van der Waals surface area contributed by atoms with Crippen molar-refractivity contribution < 1.29 is 14.3 Å². The smallest absolute Gasteiger partial charge is 0.275 e. The molecule has 0 spiro atoms. The van der Waals surface area contributed by atoms with E-state index < -0.39 is 0 Å². The average Bonchev–Trinajstić information content (AvgIpc) is 3.44. The molecule has 0 saturated carbocycles. The highest BCUT2D eigenvalue weighted by Crippen LogP contribution is 2.32. The molecular formula is C30H28ClN3O3S. The van der Waals surface area contributed by atoms with Crippen LogP contribution in [0.4, 0.5) is 5.69 Å². The van der Waals surface area contributed by atoms with E-state index in [4.69, 9.17) is 16.3 Å². The third-order valence-corrected chi connectivity index (χ3v) is 7.86. The number of aromatic nitrogens is 1. The number of rotatable bonds is 7. The number of nitrogens with zero attached hydrogens (tertiary/aromatic N) is 2. The SMILES string of the molecule is Cc1ccc(NC(=O)c2csc(C3CCN(C(=O)COc4cccc(Cl)c4)CC3)n2)c(-c2ccccc2)c1. The molecule has 6 nitrogen and oxygen atoms in total. The first-order valence-electron chi connectivity index (χ1n) is 12.6. The first-order valence-corrected chi connectivity index (χ1v) is 13.8. The van der Waals surface area contributed by atoms with Gasteiger partial charge in [-0.2, -0.15) is 0 Å². The Morgan fingerprint density at radius 1 is 1.05 bits per heavy atom. The summed E-state index contributed by atoms with van der Waals surface area (Å²) in [6.45, 7) is 3.28. The van der Waals surface area contributed by atoms with E-state index in [1.165, 1.54) is 11.3 Å². The van der Waals surface area contributed by atoms with Gasteiger partial charge in [-0.1, -0.05) is 59.6 Å². The van der Waals surface area contributed by atoms with Crippen LogP contribution in [0.1, 0.15) is 39.8 Å². The number of hydrogen-bond acceptors (Lipinski definition) is 5. The summed E-state index contributed by atoms with van der Waals surface area (Å²) in [5.41, 5.74) is 4.32. The van der Waals surface area contributed by atoms with Gasteiger partial charge < -0.3 is 15.0 Å². The van der Waals surface area contributed by atoms with Gasteiger partial charge in [-0.3, -0.25) is 9.59 Å². The zero-order valence-electron chi connectivity index (χ0n) is 21.0. The zero-order valence-corrected chi connectivity index (χ0v) is 22.6. The first kappa shape index (κ1) is 25.9. The van der Waals surface area contributed by atoms with E-state index in [2.05, 4.69) is 16.4 Å². The molecule has 0 radical (unpaired) electrons. The highest BCUT2D eigenvalue weighted by molar-refractivity contribution is 7.10. The Morgan fingerprint density at radius 2 is 1.84 bits per heavy atom. The molecule has 1 aromatic heterocycles. The number of thiazole rings is 1. The molecule has 1 N–H and O–H groups in total. The van der Waals surface area contributed by atoms with Crippen molar-refractivity contribution in [3.63, 3.8) is 0 Å². The third-order valence-electron chi connectivity index (χ3n) is 6.62. The molecule has 1 saturated heterocycles. The molecule has 194 valence electrons. The van der Waals surface area contributed by atoms with E-state index >= 15 is 0 Å². The molecule has 0 bridgehead atoms. The van der Waals surface area contributed by atoms with E-state index in [1.807, 2.05) is 59.7 Å². The zero-order chi connectivity index (χ0) is 26.5. The van der Waals surface area contributed by atoms with E-state index in [9.17, 15) is 9.59 Å². The number of amides is 2. The van der Waals surface area contributed by atoms with E-state index in [0.29, 0.717) is 29.6 Å². The van der Waals surface area contributed by atoms with Crippen molar-refractivity contribution in [2.24, 2.45) is 0 Å². The summed E-state index contributed by atoms with van der Waals surface area (Å²) >= 11 is 7.48. The second-order valence-electron chi connectivity index (χ2n) is 9.34. The van der Waals surface area contributed by atoms with Gasteiger partial charge >= 0.3 is 0 Å². The summed E-state index contributed by atoms with van der Waals surface area (Å²) in [6.07, 6.45) is 1.60. The summed E-state index contributed by atoms with van der Waals surface area (Å²) in [7, 11) is 0.